The van der Waals surface area contributed by atoms with Gasteiger partial charge in [0.25, 0.3) is 0 Å². The van der Waals surface area contributed by atoms with E-state index in [0.717, 1.165) is 4.47 Å². The first kappa shape index (κ1) is 18.1. The molecule has 1 aromatic carbocycles. The lowest BCUT2D eigenvalue weighted by molar-refractivity contribution is 0.175. The highest BCUT2D eigenvalue weighted by atomic mass is 79.9. The van der Waals surface area contributed by atoms with Crippen LogP contribution in [0.2, 0.25) is 0 Å². The summed E-state index contributed by atoms with van der Waals surface area (Å²) in [6.45, 7) is 5.17. The summed E-state index contributed by atoms with van der Waals surface area (Å²) in [5, 5.41) is 0. The molecule has 7 heteroatoms. The average molecular weight is 429 g/mol. The number of ether oxygens (including phenoxy) is 1. The topological polar surface area (TPSA) is 46.6 Å². The predicted molar refractivity (Wildman–Crippen MR) is 87.3 cm³/mol. The summed E-state index contributed by atoms with van der Waals surface area (Å²) in [6, 6.07) is 5.06. The van der Waals surface area contributed by atoms with E-state index >= 15 is 0 Å². The Labute approximate surface area is 137 Å². The predicted octanol–water partition coefficient (Wildman–Crippen LogP) is 3.50. The van der Waals surface area contributed by atoms with E-state index in [4.69, 9.17) is 4.74 Å². The summed E-state index contributed by atoms with van der Waals surface area (Å²) >= 11 is 6.64. The van der Waals surface area contributed by atoms with Crippen molar-refractivity contribution in [2.75, 3.05) is 26.8 Å². The van der Waals surface area contributed by atoms with Gasteiger partial charge in [-0.2, -0.15) is 4.31 Å². The Hall–Kier alpha value is 0.0500. The maximum Gasteiger partial charge on any atom is 0.244 e. The van der Waals surface area contributed by atoms with Crippen molar-refractivity contribution in [3.05, 3.63) is 27.1 Å². The molecule has 0 saturated carbocycles. The van der Waals surface area contributed by atoms with Crippen molar-refractivity contribution in [1.29, 1.82) is 0 Å². The zero-order valence-corrected chi connectivity index (χ0v) is 15.8. The van der Waals surface area contributed by atoms with Crippen LogP contribution in [0.1, 0.15) is 13.8 Å². The fourth-order valence-corrected chi connectivity index (χ4v) is 5.03. The standard InChI is InChI=1S/C13H19Br2NO3S/c1-10(2)9-16(6-7-19-3)20(17,18)13-5-4-11(14)8-12(13)15/h4-5,8,10H,6-7,9H2,1-3H3. The van der Waals surface area contributed by atoms with Crippen LogP contribution in [-0.2, 0) is 14.8 Å². The smallest absolute Gasteiger partial charge is 0.244 e. The minimum Gasteiger partial charge on any atom is -0.383 e. The van der Waals surface area contributed by atoms with Gasteiger partial charge in [-0.15, -0.1) is 0 Å². The van der Waals surface area contributed by atoms with E-state index in [-0.39, 0.29) is 10.8 Å². The Morgan fingerprint density at radius 3 is 2.45 bits per heavy atom. The molecule has 0 aliphatic rings. The van der Waals surface area contributed by atoms with E-state index in [1.165, 1.54) is 4.31 Å². The van der Waals surface area contributed by atoms with E-state index in [1.807, 2.05) is 13.8 Å². The molecule has 0 aliphatic carbocycles. The third kappa shape index (κ3) is 4.80. The molecule has 0 fully saturated rings. The molecule has 0 spiro atoms. The Kier molecular flexibility index (Phi) is 7.14. The van der Waals surface area contributed by atoms with Gasteiger partial charge in [0, 0.05) is 29.1 Å². The van der Waals surface area contributed by atoms with E-state index in [9.17, 15) is 8.42 Å². The first-order valence-corrected chi connectivity index (χ1v) is 9.25. The highest BCUT2D eigenvalue weighted by Crippen LogP contribution is 2.28. The van der Waals surface area contributed by atoms with Crippen molar-refractivity contribution in [3.63, 3.8) is 0 Å². The minimum atomic E-state index is -3.53. The number of hydrogen-bond donors (Lipinski definition) is 0. The van der Waals surface area contributed by atoms with Crippen LogP contribution in [0.15, 0.2) is 32.0 Å². The lowest BCUT2D eigenvalue weighted by atomic mass is 10.2. The van der Waals surface area contributed by atoms with Gasteiger partial charge in [-0.3, -0.25) is 0 Å². The van der Waals surface area contributed by atoms with Crippen molar-refractivity contribution < 1.29 is 13.2 Å². The molecule has 0 N–H and O–H groups in total. The molecular formula is C13H19Br2NO3S. The van der Waals surface area contributed by atoms with Crippen molar-refractivity contribution in [3.8, 4) is 0 Å². The maximum absolute atomic E-state index is 12.7. The van der Waals surface area contributed by atoms with Crippen LogP contribution in [0.25, 0.3) is 0 Å². The van der Waals surface area contributed by atoms with Gasteiger partial charge in [0.15, 0.2) is 0 Å². The lowest BCUT2D eigenvalue weighted by Crippen LogP contribution is -2.36. The normalized spacial score (nSPS) is 12.3. The molecule has 1 aromatic rings. The minimum absolute atomic E-state index is 0.246. The fraction of sp³-hybridized carbons (Fsp3) is 0.538. The van der Waals surface area contributed by atoms with Gasteiger partial charge < -0.3 is 4.74 Å². The second-order valence-electron chi connectivity index (χ2n) is 4.82. The molecule has 0 aliphatic heterocycles. The molecule has 0 heterocycles. The van der Waals surface area contributed by atoms with E-state index in [1.54, 1.807) is 25.3 Å². The van der Waals surface area contributed by atoms with Crippen LogP contribution in [0, 0.1) is 5.92 Å². The molecule has 114 valence electrons. The Morgan fingerprint density at radius 2 is 1.95 bits per heavy atom. The summed E-state index contributed by atoms with van der Waals surface area (Å²) in [4.78, 5) is 0.275. The SMILES string of the molecule is COCCN(CC(C)C)S(=O)(=O)c1ccc(Br)cc1Br. The van der Waals surface area contributed by atoms with Crippen LogP contribution in [0.4, 0.5) is 0 Å². The number of nitrogens with zero attached hydrogens (tertiary/aromatic N) is 1. The second kappa shape index (κ2) is 7.89. The summed E-state index contributed by atoms with van der Waals surface area (Å²) in [5.74, 6) is 0.246. The molecule has 0 bridgehead atoms. The lowest BCUT2D eigenvalue weighted by Gasteiger charge is -2.24. The van der Waals surface area contributed by atoms with Crippen molar-refractivity contribution >= 4 is 41.9 Å². The second-order valence-corrected chi connectivity index (χ2v) is 8.50. The van der Waals surface area contributed by atoms with Crippen LogP contribution < -0.4 is 0 Å². The number of benzene rings is 1. The number of methoxy groups -OCH3 is 1. The van der Waals surface area contributed by atoms with Gasteiger partial charge in [0.2, 0.25) is 10.0 Å². The van der Waals surface area contributed by atoms with E-state index in [2.05, 4.69) is 31.9 Å². The summed E-state index contributed by atoms with van der Waals surface area (Å²) in [6.07, 6.45) is 0. The van der Waals surface area contributed by atoms with E-state index < -0.39 is 10.0 Å². The molecule has 0 atom stereocenters. The van der Waals surface area contributed by atoms with Gasteiger partial charge >= 0.3 is 0 Å². The quantitative estimate of drug-likeness (QED) is 0.667. The Bertz CT molecular complexity index is 547. The maximum atomic E-state index is 12.7. The largest absolute Gasteiger partial charge is 0.383 e. The summed E-state index contributed by atoms with van der Waals surface area (Å²) in [5.41, 5.74) is 0. The Morgan fingerprint density at radius 1 is 1.30 bits per heavy atom. The number of sulfonamides is 1. The third-order valence-corrected chi connectivity index (χ3v) is 5.96. The number of hydrogen-bond acceptors (Lipinski definition) is 3. The Balaban J connectivity index is 3.14. The molecule has 20 heavy (non-hydrogen) atoms. The van der Waals surface area contributed by atoms with Gasteiger partial charge in [-0.25, -0.2) is 8.42 Å². The van der Waals surface area contributed by atoms with Crippen LogP contribution in [-0.4, -0.2) is 39.5 Å². The average Bonchev–Trinajstić information content (AvgIpc) is 2.33. The van der Waals surface area contributed by atoms with Gasteiger partial charge in [-0.05, 0) is 40.0 Å². The first-order valence-electron chi connectivity index (χ1n) is 6.23. The fourth-order valence-electron chi connectivity index (χ4n) is 1.73. The third-order valence-electron chi connectivity index (χ3n) is 2.63. The number of halogens is 2. The molecule has 0 unspecified atom stereocenters. The summed E-state index contributed by atoms with van der Waals surface area (Å²) < 4.78 is 33.3. The highest BCUT2D eigenvalue weighted by molar-refractivity contribution is 9.11. The molecular weight excluding hydrogens is 410 g/mol. The number of rotatable bonds is 7. The first-order chi connectivity index (χ1) is 9.28. The summed E-state index contributed by atoms with van der Waals surface area (Å²) in [7, 11) is -1.96. The van der Waals surface area contributed by atoms with E-state index in [0.29, 0.717) is 24.2 Å². The van der Waals surface area contributed by atoms with Crippen LogP contribution in [0.3, 0.4) is 0 Å². The molecule has 0 amide bonds. The molecule has 1 rings (SSSR count). The monoisotopic (exact) mass is 427 g/mol. The zero-order valence-electron chi connectivity index (χ0n) is 11.8. The highest BCUT2D eigenvalue weighted by Gasteiger charge is 2.26. The van der Waals surface area contributed by atoms with Crippen molar-refractivity contribution in [1.82, 2.24) is 4.31 Å². The molecule has 4 nitrogen and oxygen atoms in total. The van der Waals surface area contributed by atoms with Gasteiger partial charge in [0.1, 0.15) is 0 Å². The van der Waals surface area contributed by atoms with Gasteiger partial charge in [0.05, 0.1) is 11.5 Å². The van der Waals surface area contributed by atoms with Crippen molar-refractivity contribution in [2.45, 2.75) is 18.7 Å². The zero-order chi connectivity index (χ0) is 15.3. The van der Waals surface area contributed by atoms with Crippen molar-refractivity contribution in [2.24, 2.45) is 5.92 Å². The van der Waals surface area contributed by atoms with Gasteiger partial charge in [-0.1, -0.05) is 29.8 Å². The molecule has 0 aromatic heterocycles. The van der Waals surface area contributed by atoms with Crippen LogP contribution >= 0.6 is 31.9 Å². The molecule has 0 radical (unpaired) electrons. The molecule has 0 saturated heterocycles. The van der Waals surface area contributed by atoms with Crippen LogP contribution in [0.5, 0.6) is 0 Å².